The van der Waals surface area contributed by atoms with Crippen LogP contribution in [0.2, 0.25) is 0 Å². The van der Waals surface area contributed by atoms with Crippen molar-refractivity contribution in [3.63, 3.8) is 0 Å². The molecule has 0 bridgehead atoms. The molecule has 3 rings (SSSR count). The SMILES string of the molecule is O=C(O)c1ccccc1NCCCOc1ccc2ccccc2c1. The van der Waals surface area contributed by atoms with Gasteiger partial charge in [-0.2, -0.15) is 0 Å². The Morgan fingerprint density at radius 1 is 0.958 bits per heavy atom. The second-order valence-corrected chi connectivity index (χ2v) is 5.49. The van der Waals surface area contributed by atoms with Gasteiger partial charge in [0.2, 0.25) is 0 Å². The van der Waals surface area contributed by atoms with Gasteiger partial charge in [0.15, 0.2) is 0 Å². The van der Waals surface area contributed by atoms with Crippen molar-refractivity contribution in [2.75, 3.05) is 18.5 Å². The smallest absolute Gasteiger partial charge is 0.337 e. The molecule has 0 atom stereocenters. The van der Waals surface area contributed by atoms with Crippen LogP contribution in [-0.2, 0) is 0 Å². The van der Waals surface area contributed by atoms with E-state index < -0.39 is 5.97 Å². The highest BCUT2D eigenvalue weighted by molar-refractivity contribution is 5.94. The highest BCUT2D eigenvalue weighted by Crippen LogP contribution is 2.20. The number of carbonyl (C=O) groups is 1. The Kier molecular flexibility index (Phi) is 4.96. The Bertz CT molecular complexity index is 845. The summed E-state index contributed by atoms with van der Waals surface area (Å²) in [5.41, 5.74) is 0.920. The summed E-state index contributed by atoms with van der Waals surface area (Å²) in [6.07, 6.45) is 0.779. The van der Waals surface area contributed by atoms with Gasteiger partial charge in [0.05, 0.1) is 12.2 Å². The van der Waals surface area contributed by atoms with Crippen LogP contribution in [0.1, 0.15) is 16.8 Å². The summed E-state index contributed by atoms with van der Waals surface area (Å²) >= 11 is 0. The van der Waals surface area contributed by atoms with Gasteiger partial charge in [-0.05, 0) is 41.5 Å². The van der Waals surface area contributed by atoms with Gasteiger partial charge in [-0.15, -0.1) is 0 Å². The molecule has 0 heterocycles. The molecule has 0 radical (unpaired) electrons. The minimum atomic E-state index is -0.925. The number of carboxylic acid groups (broad SMARTS) is 1. The van der Waals surface area contributed by atoms with Gasteiger partial charge >= 0.3 is 5.97 Å². The van der Waals surface area contributed by atoms with Crippen LogP contribution in [0.25, 0.3) is 10.8 Å². The Hall–Kier alpha value is -3.01. The van der Waals surface area contributed by atoms with Gasteiger partial charge in [-0.1, -0.05) is 42.5 Å². The predicted octanol–water partition coefficient (Wildman–Crippen LogP) is 4.42. The number of anilines is 1. The van der Waals surface area contributed by atoms with Crippen molar-refractivity contribution in [1.82, 2.24) is 0 Å². The number of hydrogen-bond donors (Lipinski definition) is 2. The van der Waals surface area contributed by atoms with E-state index in [0.29, 0.717) is 18.8 Å². The zero-order valence-corrected chi connectivity index (χ0v) is 13.2. The van der Waals surface area contributed by atoms with Crippen LogP contribution in [-0.4, -0.2) is 24.2 Å². The van der Waals surface area contributed by atoms with Crippen LogP contribution in [0.15, 0.2) is 66.7 Å². The molecule has 24 heavy (non-hydrogen) atoms. The molecule has 0 unspecified atom stereocenters. The first kappa shape index (κ1) is 15.9. The number of nitrogens with one attached hydrogen (secondary N) is 1. The molecule has 0 fully saturated rings. The van der Waals surface area contributed by atoms with E-state index in [1.807, 2.05) is 36.4 Å². The second kappa shape index (κ2) is 7.51. The predicted molar refractivity (Wildman–Crippen MR) is 96.0 cm³/mol. The first-order chi connectivity index (χ1) is 11.7. The topological polar surface area (TPSA) is 58.6 Å². The highest BCUT2D eigenvalue weighted by Gasteiger charge is 2.07. The van der Waals surface area contributed by atoms with Crippen molar-refractivity contribution in [1.29, 1.82) is 0 Å². The van der Waals surface area contributed by atoms with E-state index in [2.05, 4.69) is 17.4 Å². The van der Waals surface area contributed by atoms with E-state index in [4.69, 9.17) is 9.84 Å². The van der Waals surface area contributed by atoms with Gasteiger partial charge in [0, 0.05) is 12.2 Å². The molecule has 3 aromatic carbocycles. The number of para-hydroxylation sites is 1. The number of rotatable bonds is 7. The molecule has 0 aromatic heterocycles. The highest BCUT2D eigenvalue weighted by atomic mass is 16.5. The zero-order valence-electron chi connectivity index (χ0n) is 13.2. The van der Waals surface area contributed by atoms with Crippen LogP contribution in [0.3, 0.4) is 0 Å². The molecule has 0 aliphatic carbocycles. The third-order valence-electron chi connectivity index (χ3n) is 3.78. The number of carboxylic acids is 1. The third kappa shape index (κ3) is 3.84. The zero-order chi connectivity index (χ0) is 16.8. The molecule has 4 nitrogen and oxygen atoms in total. The number of benzene rings is 3. The lowest BCUT2D eigenvalue weighted by molar-refractivity contribution is 0.0698. The van der Waals surface area contributed by atoms with E-state index >= 15 is 0 Å². The average Bonchev–Trinajstić information content (AvgIpc) is 2.61. The van der Waals surface area contributed by atoms with Crippen LogP contribution in [0.5, 0.6) is 5.75 Å². The average molecular weight is 321 g/mol. The Morgan fingerprint density at radius 3 is 2.54 bits per heavy atom. The molecular weight excluding hydrogens is 302 g/mol. The Labute approximate surface area is 140 Å². The van der Waals surface area contributed by atoms with Crippen molar-refractivity contribution >= 4 is 22.4 Å². The summed E-state index contributed by atoms with van der Waals surface area (Å²) in [7, 11) is 0. The fourth-order valence-electron chi connectivity index (χ4n) is 2.57. The normalized spacial score (nSPS) is 10.5. The standard InChI is InChI=1S/C20H19NO3/c22-20(23)18-8-3-4-9-19(18)21-12-5-13-24-17-11-10-15-6-1-2-7-16(15)14-17/h1-4,6-11,14,21H,5,12-13H2,(H,22,23). The van der Waals surface area contributed by atoms with Crippen molar-refractivity contribution in [2.45, 2.75) is 6.42 Å². The summed E-state index contributed by atoms with van der Waals surface area (Å²) in [6, 6.07) is 21.1. The molecule has 4 heteroatoms. The number of ether oxygens (including phenoxy) is 1. The van der Waals surface area contributed by atoms with Gasteiger partial charge in [0.1, 0.15) is 5.75 Å². The summed E-state index contributed by atoms with van der Waals surface area (Å²) in [4.78, 5) is 11.1. The summed E-state index contributed by atoms with van der Waals surface area (Å²) in [5, 5.41) is 14.6. The molecular formula is C20H19NO3. The van der Waals surface area contributed by atoms with E-state index in [0.717, 1.165) is 17.6 Å². The lowest BCUT2D eigenvalue weighted by atomic mass is 10.1. The van der Waals surface area contributed by atoms with Crippen molar-refractivity contribution < 1.29 is 14.6 Å². The van der Waals surface area contributed by atoms with Crippen molar-refractivity contribution in [2.24, 2.45) is 0 Å². The summed E-state index contributed by atoms with van der Waals surface area (Å²) in [5.74, 6) is -0.0786. The van der Waals surface area contributed by atoms with Crippen molar-refractivity contribution in [3.05, 3.63) is 72.3 Å². The molecule has 0 spiro atoms. The fourth-order valence-corrected chi connectivity index (χ4v) is 2.57. The largest absolute Gasteiger partial charge is 0.494 e. The van der Waals surface area contributed by atoms with Crippen LogP contribution >= 0.6 is 0 Å². The van der Waals surface area contributed by atoms with Crippen molar-refractivity contribution in [3.8, 4) is 5.75 Å². The maximum Gasteiger partial charge on any atom is 0.337 e. The number of fused-ring (bicyclic) bond motifs is 1. The van der Waals surface area contributed by atoms with Gasteiger partial charge < -0.3 is 15.2 Å². The summed E-state index contributed by atoms with van der Waals surface area (Å²) in [6.45, 7) is 1.22. The minimum absolute atomic E-state index is 0.285. The Morgan fingerprint density at radius 2 is 1.71 bits per heavy atom. The van der Waals surface area contributed by atoms with E-state index in [9.17, 15) is 4.79 Å². The van der Waals surface area contributed by atoms with Crippen LogP contribution in [0.4, 0.5) is 5.69 Å². The quantitative estimate of drug-likeness (QED) is 0.633. The maximum atomic E-state index is 11.1. The van der Waals surface area contributed by atoms with Crippen LogP contribution in [0, 0.1) is 0 Å². The molecule has 122 valence electrons. The molecule has 0 aliphatic heterocycles. The summed E-state index contributed by atoms with van der Waals surface area (Å²) < 4.78 is 5.77. The Balaban J connectivity index is 1.49. The number of hydrogen-bond acceptors (Lipinski definition) is 3. The van der Waals surface area contributed by atoms with Crippen LogP contribution < -0.4 is 10.1 Å². The first-order valence-corrected chi connectivity index (χ1v) is 7.92. The van der Waals surface area contributed by atoms with Gasteiger partial charge in [-0.25, -0.2) is 4.79 Å². The molecule has 3 aromatic rings. The molecule has 0 amide bonds. The maximum absolute atomic E-state index is 11.1. The van der Waals surface area contributed by atoms with E-state index in [1.165, 1.54) is 5.39 Å². The first-order valence-electron chi connectivity index (χ1n) is 7.92. The molecule has 2 N–H and O–H groups in total. The minimum Gasteiger partial charge on any atom is -0.494 e. The number of aromatic carboxylic acids is 1. The van der Waals surface area contributed by atoms with E-state index in [-0.39, 0.29) is 5.56 Å². The van der Waals surface area contributed by atoms with Gasteiger partial charge in [0.25, 0.3) is 0 Å². The second-order valence-electron chi connectivity index (χ2n) is 5.49. The monoisotopic (exact) mass is 321 g/mol. The molecule has 0 saturated carbocycles. The molecule has 0 aliphatic rings. The van der Waals surface area contributed by atoms with E-state index in [1.54, 1.807) is 18.2 Å². The fraction of sp³-hybridized carbons (Fsp3) is 0.150. The third-order valence-corrected chi connectivity index (χ3v) is 3.78. The lowest BCUT2D eigenvalue weighted by Crippen LogP contribution is -2.10. The molecule has 0 saturated heterocycles. The lowest BCUT2D eigenvalue weighted by Gasteiger charge is -2.10. The van der Waals surface area contributed by atoms with Gasteiger partial charge in [-0.3, -0.25) is 0 Å².